The first-order valence-electron chi connectivity index (χ1n) is 20.3. The van der Waals surface area contributed by atoms with Gasteiger partial charge in [-0.3, -0.25) is 28.8 Å². The van der Waals surface area contributed by atoms with E-state index in [0.717, 1.165) is 5.56 Å². The molecule has 6 amide bonds. The highest BCUT2D eigenvalue weighted by Crippen LogP contribution is 2.25. The van der Waals surface area contributed by atoms with Crippen LogP contribution in [0.5, 0.6) is 11.5 Å². The molecule has 324 valence electrons. The Labute approximate surface area is 346 Å². The second kappa shape index (κ2) is 23.4. The number of nitrogens with two attached hydrogens (primary N) is 1. The van der Waals surface area contributed by atoms with E-state index in [-0.39, 0.29) is 76.5 Å². The smallest absolute Gasteiger partial charge is 0.252 e. The van der Waals surface area contributed by atoms with Crippen LogP contribution in [0.15, 0.2) is 48.5 Å². The fourth-order valence-corrected chi connectivity index (χ4v) is 6.68. The second-order valence-corrected chi connectivity index (χ2v) is 15.4. The highest BCUT2D eigenvalue weighted by atomic mass is 16.5. The number of nitrogens with one attached hydrogen (secondary N) is 4. The number of amides is 6. The summed E-state index contributed by atoms with van der Waals surface area (Å²) in [6.45, 7) is 6.39. The lowest BCUT2D eigenvalue weighted by atomic mass is 10.0. The third kappa shape index (κ3) is 14.5. The van der Waals surface area contributed by atoms with E-state index in [1.165, 1.54) is 22.8 Å². The van der Waals surface area contributed by atoms with Crippen molar-refractivity contribution in [3.63, 3.8) is 0 Å². The number of hydrogen-bond donors (Lipinski definition) is 5. The first-order chi connectivity index (χ1) is 28.3. The van der Waals surface area contributed by atoms with Crippen LogP contribution in [0.3, 0.4) is 0 Å². The molecule has 2 aromatic carbocycles. The zero-order chi connectivity index (χ0) is 42.9. The number of carbonyl (C=O) groups excluding carboxylic acids is 6. The molecule has 17 nitrogen and oxygen atoms in total. The molecule has 0 radical (unpaired) electrons. The highest BCUT2D eigenvalue weighted by molar-refractivity contribution is 5.99. The van der Waals surface area contributed by atoms with Crippen LogP contribution in [0.25, 0.3) is 0 Å². The number of hydrogen-bond acceptors (Lipinski definition) is 11. The van der Waals surface area contributed by atoms with Crippen LogP contribution in [0.2, 0.25) is 0 Å². The Bertz CT molecular complexity index is 1730. The molecule has 59 heavy (non-hydrogen) atoms. The highest BCUT2D eigenvalue weighted by Gasteiger charge is 2.39. The zero-order valence-corrected chi connectivity index (χ0v) is 34.8. The summed E-state index contributed by atoms with van der Waals surface area (Å²) in [5, 5.41) is 11.1. The Morgan fingerprint density at radius 2 is 1.58 bits per heavy atom. The van der Waals surface area contributed by atoms with Gasteiger partial charge in [-0.2, -0.15) is 0 Å². The van der Waals surface area contributed by atoms with Gasteiger partial charge in [0.15, 0.2) is 0 Å². The summed E-state index contributed by atoms with van der Waals surface area (Å²) in [6, 6.07) is 9.03. The summed E-state index contributed by atoms with van der Waals surface area (Å²) >= 11 is 0. The van der Waals surface area contributed by atoms with Crippen LogP contribution in [0.1, 0.15) is 68.8 Å². The van der Waals surface area contributed by atoms with E-state index in [1.54, 1.807) is 26.2 Å². The number of benzene rings is 2. The lowest BCUT2D eigenvalue weighted by molar-refractivity contribution is -0.143. The minimum atomic E-state index is -1.24. The lowest BCUT2D eigenvalue weighted by Gasteiger charge is -2.30. The number of ether oxygens (including phenoxy) is 4. The maximum atomic E-state index is 14.0. The molecule has 0 aromatic heterocycles. The number of rotatable bonds is 11. The largest absolute Gasteiger partial charge is 0.492 e. The molecule has 2 saturated heterocycles. The Hall–Kier alpha value is -5.26. The predicted octanol–water partition coefficient (Wildman–Crippen LogP) is 1.13. The normalized spacial score (nSPS) is 22.9. The number of nitrogens with zero attached hydrogens (tertiary/aromatic N) is 2. The lowest BCUT2D eigenvalue weighted by Crippen LogP contribution is -2.59. The Balaban J connectivity index is 1.57. The molecule has 2 heterocycles. The van der Waals surface area contributed by atoms with Crippen molar-refractivity contribution >= 4 is 35.4 Å². The van der Waals surface area contributed by atoms with Crippen molar-refractivity contribution in [3.8, 4) is 11.5 Å². The molecular weight excluding hydrogens is 763 g/mol. The van der Waals surface area contributed by atoms with Gasteiger partial charge in [0.2, 0.25) is 29.5 Å². The SMILES string of the molecule is CC(C)C[C@@H]1NC(=O)[C@@H](NC(=O)c2cc(OCCN)cc(OCc3ccccc3)c2)COCCCCOC[C@@H](C(=O)N(C)C)NC(=O)[C@@H]2CCCN2C(=O)[C@H](C)NC1=O. The molecule has 0 unspecified atom stereocenters. The van der Waals surface area contributed by atoms with Crippen molar-refractivity contribution in [2.75, 3.05) is 60.2 Å². The molecule has 4 rings (SSSR count). The van der Waals surface area contributed by atoms with Gasteiger partial charge >= 0.3 is 0 Å². The van der Waals surface area contributed by atoms with Crippen molar-refractivity contribution in [3.05, 3.63) is 59.7 Å². The molecule has 5 atom stereocenters. The molecular formula is C42H61N7O10. The van der Waals surface area contributed by atoms with E-state index in [2.05, 4.69) is 21.3 Å². The summed E-state index contributed by atoms with van der Waals surface area (Å²) < 4.78 is 23.5. The minimum absolute atomic E-state index is 0.0481. The topological polar surface area (TPSA) is 220 Å². The molecule has 0 aliphatic carbocycles. The second-order valence-electron chi connectivity index (χ2n) is 15.4. The Morgan fingerprint density at radius 1 is 0.898 bits per heavy atom. The Kier molecular flexibility index (Phi) is 18.4. The summed E-state index contributed by atoms with van der Waals surface area (Å²) in [4.78, 5) is 84.7. The molecule has 17 heteroatoms. The van der Waals surface area contributed by atoms with E-state index in [0.29, 0.717) is 37.2 Å². The number of likely N-dealkylation sites (N-methyl/N-ethyl adjacent to an activating group) is 1. The van der Waals surface area contributed by atoms with E-state index in [4.69, 9.17) is 24.7 Å². The quantitative estimate of drug-likeness (QED) is 0.216. The summed E-state index contributed by atoms with van der Waals surface area (Å²) in [6.07, 6.45) is 2.20. The van der Waals surface area contributed by atoms with Crippen molar-refractivity contribution in [2.24, 2.45) is 11.7 Å². The van der Waals surface area contributed by atoms with Crippen LogP contribution < -0.4 is 36.5 Å². The zero-order valence-electron chi connectivity index (χ0n) is 34.8. The van der Waals surface area contributed by atoms with Gasteiger partial charge in [-0.25, -0.2) is 0 Å². The average molecular weight is 824 g/mol. The summed E-state index contributed by atoms with van der Waals surface area (Å²) in [5.74, 6) is -2.57. The number of carbonyl (C=O) groups is 6. The van der Waals surface area contributed by atoms with Gasteiger partial charge < -0.3 is 55.7 Å². The maximum Gasteiger partial charge on any atom is 0.252 e. The number of fused-ring (bicyclic) bond motifs is 1. The molecule has 2 fully saturated rings. The van der Waals surface area contributed by atoms with Gasteiger partial charge in [0.25, 0.3) is 5.91 Å². The van der Waals surface area contributed by atoms with E-state index in [1.807, 2.05) is 44.2 Å². The van der Waals surface area contributed by atoms with E-state index >= 15 is 0 Å². The predicted molar refractivity (Wildman–Crippen MR) is 218 cm³/mol. The molecule has 0 saturated carbocycles. The fourth-order valence-electron chi connectivity index (χ4n) is 6.68. The van der Waals surface area contributed by atoms with E-state index < -0.39 is 59.7 Å². The van der Waals surface area contributed by atoms with Crippen LogP contribution >= 0.6 is 0 Å². The summed E-state index contributed by atoms with van der Waals surface area (Å²) in [5.41, 5.74) is 6.74. The van der Waals surface area contributed by atoms with Crippen molar-refractivity contribution < 1.29 is 47.7 Å². The minimum Gasteiger partial charge on any atom is -0.492 e. The van der Waals surface area contributed by atoms with Crippen LogP contribution in [-0.2, 0) is 40.1 Å². The van der Waals surface area contributed by atoms with Crippen molar-refractivity contribution in [2.45, 2.75) is 89.7 Å². The first-order valence-corrected chi connectivity index (χ1v) is 20.3. The molecule has 2 aliphatic heterocycles. The van der Waals surface area contributed by atoms with Gasteiger partial charge in [0.1, 0.15) is 54.9 Å². The van der Waals surface area contributed by atoms with Gasteiger partial charge in [0.05, 0.1) is 13.2 Å². The standard InChI is InChI=1S/C42H61N7O10/c1-27(2)20-33-38(51)44-28(3)41(54)49-16-11-14-36(49)40(53)47-35(42(55)48(4)5)26-57-18-10-9-17-56-25-34(39(52)45-33)46-37(50)30-21-31(58-19-15-43)23-32(22-30)59-24-29-12-7-6-8-13-29/h6-8,12-13,21-23,27-28,33-36H,9-11,14-20,24-26,43H2,1-5H3,(H,44,51)(H,45,52)(H,46,50)(H,47,53)/t28-,33-,34-,35-,36-/m0/s1. The molecule has 2 aliphatic rings. The third-order valence-electron chi connectivity index (χ3n) is 9.76. The molecule has 2 aromatic rings. The fraction of sp³-hybridized carbons (Fsp3) is 0.571. The van der Waals surface area contributed by atoms with Gasteiger partial charge in [0, 0.05) is 52.0 Å². The van der Waals surface area contributed by atoms with E-state index in [9.17, 15) is 28.8 Å². The molecule has 0 spiro atoms. The van der Waals surface area contributed by atoms with Crippen molar-refractivity contribution in [1.29, 1.82) is 0 Å². The van der Waals surface area contributed by atoms with Crippen LogP contribution in [-0.4, -0.2) is 136 Å². The monoisotopic (exact) mass is 823 g/mol. The summed E-state index contributed by atoms with van der Waals surface area (Å²) in [7, 11) is 3.16. The molecule has 6 N–H and O–H groups in total. The third-order valence-corrected chi connectivity index (χ3v) is 9.76. The first kappa shape index (κ1) is 46.4. The van der Waals surface area contributed by atoms with Gasteiger partial charge in [-0.05, 0) is 62.6 Å². The van der Waals surface area contributed by atoms with Crippen molar-refractivity contribution in [1.82, 2.24) is 31.1 Å². The Morgan fingerprint density at radius 3 is 2.24 bits per heavy atom. The average Bonchev–Trinajstić information content (AvgIpc) is 3.71. The van der Waals surface area contributed by atoms with Gasteiger partial charge in [-0.15, -0.1) is 0 Å². The molecule has 0 bridgehead atoms. The van der Waals surface area contributed by atoms with Crippen LogP contribution in [0.4, 0.5) is 0 Å². The van der Waals surface area contributed by atoms with Crippen LogP contribution in [0, 0.1) is 5.92 Å². The van der Waals surface area contributed by atoms with Gasteiger partial charge in [-0.1, -0.05) is 44.2 Å². The maximum absolute atomic E-state index is 14.0.